The number of hydrogen-bond acceptors (Lipinski definition) is 2. The lowest BCUT2D eigenvalue weighted by molar-refractivity contribution is -0.128. The smallest absolute Gasteiger partial charge is 0.223 e. The number of carbonyl (C=O) groups excluding carboxylic acids is 1. The highest BCUT2D eigenvalue weighted by molar-refractivity contribution is 5.80. The summed E-state index contributed by atoms with van der Waals surface area (Å²) in [6.07, 6.45) is 6.65. The molecule has 2 aromatic heterocycles. The molecule has 3 rings (SSSR count). The molecular weight excluding hydrogens is 238 g/mol. The van der Waals surface area contributed by atoms with Gasteiger partial charge in [0.05, 0.1) is 6.54 Å². The first kappa shape index (κ1) is 12.2. The minimum Gasteiger partial charge on any atom is -0.357 e. The van der Waals surface area contributed by atoms with Gasteiger partial charge in [-0.05, 0) is 24.5 Å². The van der Waals surface area contributed by atoms with Gasteiger partial charge in [0.15, 0.2) is 0 Å². The van der Waals surface area contributed by atoms with Crippen LogP contribution in [0.4, 0.5) is 0 Å². The van der Waals surface area contributed by atoms with E-state index in [1.165, 1.54) is 0 Å². The number of aromatic nitrogens is 2. The maximum atomic E-state index is 12.0. The molecule has 0 aliphatic carbocycles. The number of H-pyrrole nitrogens is 1. The van der Waals surface area contributed by atoms with Gasteiger partial charge in [0.2, 0.25) is 5.91 Å². The monoisotopic (exact) mass is 257 g/mol. The zero-order valence-corrected chi connectivity index (χ0v) is 11.2. The normalized spacial score (nSPS) is 19.5. The van der Waals surface area contributed by atoms with Crippen LogP contribution in [0.25, 0.3) is 10.9 Å². The molecular formula is C15H19N3O. The molecule has 0 saturated carbocycles. The molecule has 0 spiro atoms. The lowest BCUT2D eigenvalue weighted by Crippen LogP contribution is -2.24. The number of nitrogens with one attached hydrogen (secondary N) is 1. The molecule has 4 nitrogen and oxygen atoms in total. The van der Waals surface area contributed by atoms with Gasteiger partial charge in [0.25, 0.3) is 0 Å². The lowest BCUT2D eigenvalue weighted by atomic mass is 10.0. The third-order valence-corrected chi connectivity index (χ3v) is 3.83. The number of rotatable bonds is 4. The summed E-state index contributed by atoms with van der Waals surface area (Å²) >= 11 is 0. The van der Waals surface area contributed by atoms with E-state index in [2.05, 4.69) is 23.0 Å². The van der Waals surface area contributed by atoms with E-state index < -0.39 is 0 Å². The van der Waals surface area contributed by atoms with Gasteiger partial charge in [-0.2, -0.15) is 0 Å². The Morgan fingerprint density at radius 1 is 1.53 bits per heavy atom. The van der Waals surface area contributed by atoms with E-state index in [0.29, 0.717) is 12.5 Å². The minimum absolute atomic E-state index is 0.287. The van der Waals surface area contributed by atoms with E-state index in [1.54, 1.807) is 6.20 Å². The van der Waals surface area contributed by atoms with E-state index >= 15 is 0 Å². The fourth-order valence-electron chi connectivity index (χ4n) is 2.93. The molecule has 19 heavy (non-hydrogen) atoms. The van der Waals surface area contributed by atoms with Crippen LogP contribution in [-0.2, 0) is 11.3 Å². The second kappa shape index (κ2) is 5.03. The van der Waals surface area contributed by atoms with Gasteiger partial charge in [-0.1, -0.05) is 13.3 Å². The Labute approximate surface area is 112 Å². The molecule has 1 fully saturated rings. The van der Waals surface area contributed by atoms with E-state index in [-0.39, 0.29) is 5.91 Å². The number of amides is 1. The van der Waals surface area contributed by atoms with Crippen molar-refractivity contribution in [2.24, 2.45) is 5.92 Å². The van der Waals surface area contributed by atoms with E-state index in [0.717, 1.165) is 42.4 Å². The summed E-state index contributed by atoms with van der Waals surface area (Å²) in [5, 5.41) is 1.11. The van der Waals surface area contributed by atoms with Crippen molar-refractivity contribution in [2.75, 3.05) is 6.54 Å². The number of carbonyl (C=O) groups is 1. The Morgan fingerprint density at radius 3 is 3.21 bits per heavy atom. The highest BCUT2D eigenvalue weighted by atomic mass is 16.2. The summed E-state index contributed by atoms with van der Waals surface area (Å²) in [4.78, 5) is 21.4. The Bertz CT molecular complexity index is 557. The molecule has 2 aromatic rings. The van der Waals surface area contributed by atoms with Crippen molar-refractivity contribution in [3.63, 3.8) is 0 Å². The number of aromatic amines is 1. The molecule has 0 aromatic carbocycles. The van der Waals surface area contributed by atoms with Crippen molar-refractivity contribution in [1.29, 1.82) is 0 Å². The SMILES string of the molecule is CCCC1CC(=O)N(Cc2cc3cnccc3[nH]2)C1. The number of hydrogen-bond donors (Lipinski definition) is 1. The molecule has 100 valence electrons. The van der Waals surface area contributed by atoms with Gasteiger partial charge in [0, 0.05) is 42.0 Å². The number of pyridine rings is 1. The van der Waals surface area contributed by atoms with Crippen LogP contribution >= 0.6 is 0 Å². The summed E-state index contributed by atoms with van der Waals surface area (Å²) in [5.41, 5.74) is 2.18. The molecule has 1 N–H and O–H groups in total. The summed E-state index contributed by atoms with van der Waals surface area (Å²) in [6.45, 7) is 3.77. The second-order valence-corrected chi connectivity index (χ2v) is 5.39. The zero-order valence-electron chi connectivity index (χ0n) is 11.2. The van der Waals surface area contributed by atoms with Crippen LogP contribution in [0.1, 0.15) is 31.9 Å². The van der Waals surface area contributed by atoms with Crippen molar-refractivity contribution in [2.45, 2.75) is 32.7 Å². The highest BCUT2D eigenvalue weighted by Gasteiger charge is 2.28. The number of likely N-dealkylation sites (tertiary alicyclic amines) is 1. The van der Waals surface area contributed by atoms with Crippen molar-refractivity contribution in [3.8, 4) is 0 Å². The lowest BCUT2D eigenvalue weighted by Gasteiger charge is -2.15. The average molecular weight is 257 g/mol. The maximum absolute atomic E-state index is 12.0. The fraction of sp³-hybridized carbons (Fsp3) is 0.467. The first-order chi connectivity index (χ1) is 9.26. The first-order valence-corrected chi connectivity index (χ1v) is 6.95. The summed E-state index contributed by atoms with van der Waals surface area (Å²) < 4.78 is 0. The van der Waals surface area contributed by atoms with Crippen molar-refractivity contribution in [1.82, 2.24) is 14.9 Å². The molecule has 1 unspecified atom stereocenters. The third-order valence-electron chi connectivity index (χ3n) is 3.83. The Kier molecular flexibility index (Phi) is 3.23. The van der Waals surface area contributed by atoms with Crippen molar-refractivity contribution in [3.05, 3.63) is 30.2 Å². The standard InChI is InChI=1S/C15H19N3O/c1-2-3-11-6-15(19)18(9-11)10-13-7-12-8-16-5-4-14(12)17-13/h4-5,7-8,11,17H,2-3,6,9-10H2,1H3. The molecule has 1 aliphatic rings. The average Bonchev–Trinajstić information content (AvgIpc) is 2.94. The topological polar surface area (TPSA) is 49.0 Å². The summed E-state index contributed by atoms with van der Waals surface area (Å²) in [5.74, 6) is 0.832. The van der Waals surface area contributed by atoms with Gasteiger partial charge >= 0.3 is 0 Å². The molecule has 0 radical (unpaired) electrons. The Morgan fingerprint density at radius 2 is 2.42 bits per heavy atom. The van der Waals surface area contributed by atoms with Crippen LogP contribution in [0, 0.1) is 5.92 Å². The third kappa shape index (κ3) is 2.48. The summed E-state index contributed by atoms with van der Waals surface area (Å²) in [6, 6.07) is 4.05. The van der Waals surface area contributed by atoms with Gasteiger partial charge in [-0.25, -0.2) is 0 Å². The molecule has 1 saturated heterocycles. The van der Waals surface area contributed by atoms with E-state index in [1.807, 2.05) is 17.2 Å². The van der Waals surface area contributed by atoms with Crippen molar-refractivity contribution < 1.29 is 4.79 Å². The van der Waals surface area contributed by atoms with Gasteiger partial charge < -0.3 is 9.88 Å². The molecule has 1 aliphatic heterocycles. The summed E-state index contributed by atoms with van der Waals surface area (Å²) in [7, 11) is 0. The van der Waals surface area contributed by atoms with Crippen LogP contribution in [0.3, 0.4) is 0 Å². The highest BCUT2D eigenvalue weighted by Crippen LogP contribution is 2.24. The largest absolute Gasteiger partial charge is 0.357 e. The van der Waals surface area contributed by atoms with E-state index in [4.69, 9.17) is 0 Å². The quantitative estimate of drug-likeness (QED) is 0.915. The van der Waals surface area contributed by atoms with Gasteiger partial charge in [-0.15, -0.1) is 0 Å². The molecule has 4 heteroatoms. The second-order valence-electron chi connectivity index (χ2n) is 5.39. The van der Waals surface area contributed by atoms with Crippen LogP contribution in [0.5, 0.6) is 0 Å². The predicted octanol–water partition coefficient (Wildman–Crippen LogP) is 2.71. The zero-order chi connectivity index (χ0) is 13.2. The Balaban J connectivity index is 1.72. The maximum Gasteiger partial charge on any atom is 0.223 e. The van der Waals surface area contributed by atoms with Gasteiger partial charge in [0.1, 0.15) is 0 Å². The molecule has 3 heterocycles. The molecule has 0 bridgehead atoms. The fourth-order valence-corrected chi connectivity index (χ4v) is 2.93. The van der Waals surface area contributed by atoms with Crippen LogP contribution < -0.4 is 0 Å². The van der Waals surface area contributed by atoms with Gasteiger partial charge in [-0.3, -0.25) is 9.78 Å². The van der Waals surface area contributed by atoms with Crippen LogP contribution in [-0.4, -0.2) is 27.3 Å². The van der Waals surface area contributed by atoms with Crippen LogP contribution in [0.2, 0.25) is 0 Å². The minimum atomic E-state index is 0.287. The van der Waals surface area contributed by atoms with Crippen molar-refractivity contribution >= 4 is 16.8 Å². The van der Waals surface area contributed by atoms with Crippen LogP contribution in [0.15, 0.2) is 24.5 Å². The first-order valence-electron chi connectivity index (χ1n) is 6.95. The Hall–Kier alpha value is -1.84. The molecule has 1 atom stereocenters. The molecule has 1 amide bonds. The van der Waals surface area contributed by atoms with E-state index in [9.17, 15) is 4.79 Å². The number of nitrogens with zero attached hydrogens (tertiary/aromatic N) is 2. The predicted molar refractivity (Wildman–Crippen MR) is 74.5 cm³/mol. The number of fused-ring (bicyclic) bond motifs is 1.